The maximum absolute atomic E-state index is 9.80. The minimum absolute atomic E-state index is 0.145. The van der Waals surface area contributed by atoms with E-state index in [0.717, 1.165) is 37.1 Å². The molecule has 0 spiro atoms. The number of pyridine rings is 1. The molecule has 2 rings (SSSR count). The first-order valence-electron chi connectivity index (χ1n) is 7.05. The number of aliphatic hydroxyl groups excluding tert-OH is 1. The van der Waals surface area contributed by atoms with Crippen LogP contribution in [0.5, 0.6) is 0 Å². The first-order valence-corrected chi connectivity index (χ1v) is 7.05. The number of hydrogen-bond acceptors (Lipinski definition) is 3. The molecule has 0 bridgehead atoms. The summed E-state index contributed by atoms with van der Waals surface area (Å²) in [6.07, 6.45) is 7.05. The molecule has 0 radical (unpaired) electrons. The van der Waals surface area contributed by atoms with Crippen molar-refractivity contribution in [2.24, 2.45) is 0 Å². The predicted molar refractivity (Wildman–Crippen MR) is 74.8 cm³/mol. The molecule has 18 heavy (non-hydrogen) atoms. The van der Waals surface area contributed by atoms with Gasteiger partial charge in [-0.2, -0.15) is 0 Å². The topological polar surface area (TPSA) is 45.1 Å². The summed E-state index contributed by atoms with van der Waals surface area (Å²) in [6.45, 7) is 4.30. The number of rotatable bonds is 3. The van der Waals surface area contributed by atoms with Crippen LogP contribution in [0.1, 0.15) is 57.6 Å². The lowest BCUT2D eigenvalue weighted by atomic mass is 10.1. The molecule has 0 aliphatic heterocycles. The Morgan fingerprint density at radius 2 is 2.06 bits per heavy atom. The van der Waals surface area contributed by atoms with Crippen molar-refractivity contribution in [1.29, 1.82) is 0 Å². The molecular weight excluding hydrogens is 224 g/mol. The van der Waals surface area contributed by atoms with Crippen molar-refractivity contribution in [2.45, 2.75) is 64.0 Å². The Bertz CT molecular complexity index is 361. The Kier molecular flexibility index (Phi) is 4.59. The first-order chi connectivity index (χ1) is 8.65. The van der Waals surface area contributed by atoms with E-state index >= 15 is 0 Å². The molecule has 1 unspecified atom stereocenters. The van der Waals surface area contributed by atoms with Gasteiger partial charge in [0.05, 0.1) is 18.0 Å². The SMILES string of the molecule is CC(C)c1ccc(N[C@@H]2CCCCC(O)C2)cn1. The highest BCUT2D eigenvalue weighted by molar-refractivity contribution is 5.42. The third kappa shape index (κ3) is 3.70. The van der Waals surface area contributed by atoms with E-state index in [4.69, 9.17) is 0 Å². The van der Waals surface area contributed by atoms with Crippen molar-refractivity contribution in [3.05, 3.63) is 24.0 Å². The van der Waals surface area contributed by atoms with Crippen molar-refractivity contribution in [2.75, 3.05) is 5.32 Å². The van der Waals surface area contributed by atoms with Gasteiger partial charge in [0.1, 0.15) is 0 Å². The van der Waals surface area contributed by atoms with E-state index in [2.05, 4.69) is 36.3 Å². The third-order valence-electron chi connectivity index (χ3n) is 3.65. The maximum Gasteiger partial charge on any atom is 0.0559 e. The second-order valence-corrected chi connectivity index (χ2v) is 5.64. The van der Waals surface area contributed by atoms with Gasteiger partial charge >= 0.3 is 0 Å². The second-order valence-electron chi connectivity index (χ2n) is 5.64. The van der Waals surface area contributed by atoms with Crippen molar-refractivity contribution < 1.29 is 5.11 Å². The molecule has 3 heteroatoms. The lowest BCUT2D eigenvalue weighted by molar-refractivity contribution is 0.154. The van der Waals surface area contributed by atoms with Crippen LogP contribution < -0.4 is 5.32 Å². The van der Waals surface area contributed by atoms with Gasteiger partial charge in [0.15, 0.2) is 0 Å². The van der Waals surface area contributed by atoms with Crippen molar-refractivity contribution in [1.82, 2.24) is 4.98 Å². The molecule has 0 aromatic carbocycles. The van der Waals surface area contributed by atoms with Crippen molar-refractivity contribution >= 4 is 5.69 Å². The van der Waals surface area contributed by atoms with E-state index in [-0.39, 0.29) is 6.10 Å². The summed E-state index contributed by atoms with van der Waals surface area (Å²) in [5, 5.41) is 13.3. The fraction of sp³-hybridized carbons (Fsp3) is 0.667. The van der Waals surface area contributed by atoms with Gasteiger partial charge < -0.3 is 10.4 Å². The summed E-state index contributed by atoms with van der Waals surface area (Å²) < 4.78 is 0. The summed E-state index contributed by atoms with van der Waals surface area (Å²) in [5.74, 6) is 0.471. The Hall–Kier alpha value is -1.09. The molecule has 3 nitrogen and oxygen atoms in total. The van der Waals surface area contributed by atoms with Gasteiger partial charge in [-0.05, 0) is 37.3 Å². The highest BCUT2D eigenvalue weighted by Crippen LogP contribution is 2.22. The molecule has 2 N–H and O–H groups in total. The van der Waals surface area contributed by atoms with E-state index in [1.807, 2.05) is 6.20 Å². The summed E-state index contributed by atoms with van der Waals surface area (Å²) in [7, 11) is 0. The summed E-state index contributed by atoms with van der Waals surface area (Å²) >= 11 is 0. The van der Waals surface area contributed by atoms with Gasteiger partial charge in [0.25, 0.3) is 0 Å². The normalized spacial score (nSPS) is 24.9. The van der Waals surface area contributed by atoms with Crippen LogP contribution in [-0.4, -0.2) is 22.2 Å². The predicted octanol–water partition coefficient (Wildman–Crippen LogP) is 3.31. The first kappa shape index (κ1) is 13.3. The Labute approximate surface area is 110 Å². The highest BCUT2D eigenvalue weighted by atomic mass is 16.3. The Balaban J connectivity index is 1.95. The molecule has 1 aliphatic carbocycles. The number of hydrogen-bond donors (Lipinski definition) is 2. The third-order valence-corrected chi connectivity index (χ3v) is 3.65. The Morgan fingerprint density at radius 1 is 1.28 bits per heavy atom. The van der Waals surface area contributed by atoms with Crippen molar-refractivity contribution in [3.8, 4) is 0 Å². The monoisotopic (exact) mass is 248 g/mol. The van der Waals surface area contributed by atoms with Gasteiger partial charge in [-0.25, -0.2) is 0 Å². The number of aliphatic hydroxyl groups is 1. The zero-order valence-corrected chi connectivity index (χ0v) is 11.4. The largest absolute Gasteiger partial charge is 0.393 e. The van der Waals surface area contributed by atoms with Crippen LogP contribution in [0.2, 0.25) is 0 Å². The zero-order chi connectivity index (χ0) is 13.0. The van der Waals surface area contributed by atoms with Crippen molar-refractivity contribution in [3.63, 3.8) is 0 Å². The number of aromatic nitrogens is 1. The maximum atomic E-state index is 9.80. The van der Waals surface area contributed by atoms with Crippen LogP contribution in [0.15, 0.2) is 18.3 Å². The van der Waals surface area contributed by atoms with Gasteiger partial charge in [0.2, 0.25) is 0 Å². The number of nitrogens with zero attached hydrogens (tertiary/aromatic N) is 1. The van der Waals surface area contributed by atoms with E-state index in [1.165, 1.54) is 6.42 Å². The lowest BCUT2D eigenvalue weighted by Gasteiger charge is -2.19. The minimum Gasteiger partial charge on any atom is -0.393 e. The molecule has 1 aromatic heterocycles. The zero-order valence-electron chi connectivity index (χ0n) is 11.4. The van der Waals surface area contributed by atoms with E-state index < -0.39 is 0 Å². The lowest BCUT2D eigenvalue weighted by Crippen LogP contribution is -2.23. The second kappa shape index (κ2) is 6.19. The van der Waals surface area contributed by atoms with Crippen LogP contribution in [0.3, 0.4) is 0 Å². The fourth-order valence-electron chi connectivity index (χ4n) is 2.53. The highest BCUT2D eigenvalue weighted by Gasteiger charge is 2.18. The summed E-state index contributed by atoms with van der Waals surface area (Å²) in [4.78, 5) is 4.46. The molecule has 2 atom stereocenters. The molecule has 0 saturated heterocycles. The molecule has 1 heterocycles. The quantitative estimate of drug-likeness (QED) is 0.807. The van der Waals surface area contributed by atoms with E-state index in [0.29, 0.717) is 12.0 Å². The molecular formula is C15H24N2O. The van der Waals surface area contributed by atoms with Gasteiger partial charge in [0, 0.05) is 11.7 Å². The average Bonchev–Trinajstić information content (AvgIpc) is 2.54. The smallest absolute Gasteiger partial charge is 0.0559 e. The summed E-state index contributed by atoms with van der Waals surface area (Å²) in [6, 6.07) is 4.56. The van der Waals surface area contributed by atoms with Crippen LogP contribution in [-0.2, 0) is 0 Å². The summed E-state index contributed by atoms with van der Waals surface area (Å²) in [5.41, 5.74) is 2.19. The number of anilines is 1. The van der Waals surface area contributed by atoms with Crippen LogP contribution in [0.25, 0.3) is 0 Å². The molecule has 100 valence electrons. The minimum atomic E-state index is -0.145. The Morgan fingerprint density at radius 3 is 2.72 bits per heavy atom. The standard InChI is InChI=1S/C15H24N2O/c1-11(2)15-8-7-13(10-16-15)17-12-5-3-4-6-14(18)9-12/h7-8,10-12,14,17-18H,3-6,9H2,1-2H3/t12-,14?/m1/s1. The van der Waals surface area contributed by atoms with E-state index in [1.54, 1.807) is 0 Å². The van der Waals surface area contributed by atoms with Crippen LogP contribution >= 0.6 is 0 Å². The molecule has 1 aliphatic rings. The molecule has 1 fully saturated rings. The molecule has 1 saturated carbocycles. The number of nitrogens with one attached hydrogen (secondary N) is 1. The van der Waals surface area contributed by atoms with Gasteiger partial charge in [-0.1, -0.05) is 26.7 Å². The molecule has 1 aromatic rings. The van der Waals surface area contributed by atoms with Crippen LogP contribution in [0, 0.1) is 0 Å². The van der Waals surface area contributed by atoms with Gasteiger partial charge in [-0.3, -0.25) is 4.98 Å². The fourth-order valence-corrected chi connectivity index (χ4v) is 2.53. The van der Waals surface area contributed by atoms with Crippen LogP contribution in [0.4, 0.5) is 5.69 Å². The average molecular weight is 248 g/mol. The van der Waals surface area contributed by atoms with Gasteiger partial charge in [-0.15, -0.1) is 0 Å². The van der Waals surface area contributed by atoms with E-state index in [9.17, 15) is 5.11 Å². The molecule has 0 amide bonds.